The van der Waals surface area contributed by atoms with E-state index in [4.69, 9.17) is 19.0 Å². The van der Waals surface area contributed by atoms with E-state index in [9.17, 15) is 0 Å². The summed E-state index contributed by atoms with van der Waals surface area (Å²) in [5.74, 6) is 1.66. The summed E-state index contributed by atoms with van der Waals surface area (Å²) in [6.45, 7) is 8.32. The van der Waals surface area contributed by atoms with Gasteiger partial charge in [0.15, 0.2) is 11.6 Å². The van der Waals surface area contributed by atoms with Crippen molar-refractivity contribution in [1.82, 2.24) is 20.4 Å². The van der Waals surface area contributed by atoms with Crippen LogP contribution < -0.4 is 15.0 Å². The molecule has 3 atom stereocenters. The van der Waals surface area contributed by atoms with Crippen molar-refractivity contribution in [3.63, 3.8) is 0 Å². The van der Waals surface area contributed by atoms with Crippen molar-refractivity contribution in [2.45, 2.75) is 58.2 Å². The Labute approximate surface area is 193 Å². The Balaban J connectivity index is 0.00000274. The average molecular weight is 458 g/mol. The number of anilines is 1. The molecule has 2 saturated heterocycles. The van der Waals surface area contributed by atoms with Gasteiger partial charge in [-0.2, -0.15) is 4.98 Å². The van der Waals surface area contributed by atoms with Crippen molar-refractivity contribution in [3.05, 3.63) is 29.3 Å². The monoisotopic (exact) mass is 457 g/mol. The van der Waals surface area contributed by atoms with Crippen LogP contribution in [0.2, 0.25) is 0 Å². The van der Waals surface area contributed by atoms with Crippen LogP contribution in [0.5, 0.6) is 5.75 Å². The number of nitrogens with zero attached hydrogens (tertiary/aromatic N) is 4. The summed E-state index contributed by atoms with van der Waals surface area (Å²) in [6, 6.07) is 4.22. The molecule has 5 rings (SSSR count). The van der Waals surface area contributed by atoms with E-state index in [1.807, 2.05) is 6.92 Å². The first-order valence-corrected chi connectivity index (χ1v) is 11.5. The molecule has 1 N–H and O–H groups in total. The fourth-order valence-electron chi connectivity index (χ4n) is 5.06. The van der Waals surface area contributed by atoms with Crippen LogP contribution in [0, 0.1) is 19.7 Å². The molecule has 0 aliphatic carbocycles. The van der Waals surface area contributed by atoms with Crippen LogP contribution in [-0.4, -0.2) is 60.1 Å². The molecule has 0 amide bonds. The standard InChI is InChI=1S/C24H30FN5O3.H2/c1-13-9-16(27-17-6-8-32-12-17)5-7-30(13)23-21(24-26-15(3)29-33-24)14(2)19-10-18(31-4)11-20(25)22(19)28-23;/h10-11,13,16-17,27H,5-9,12H2,1-4H3;1H/t13-,16-,17-;/m0./s1. The number of nitrogens with one attached hydrogen (secondary N) is 1. The summed E-state index contributed by atoms with van der Waals surface area (Å²) < 4.78 is 31.4. The molecule has 3 aromatic rings. The second-order valence-electron chi connectivity index (χ2n) is 9.08. The van der Waals surface area contributed by atoms with Crippen LogP contribution in [-0.2, 0) is 4.74 Å². The van der Waals surface area contributed by atoms with E-state index in [1.54, 1.807) is 13.0 Å². The molecule has 178 valence electrons. The molecule has 2 aliphatic rings. The van der Waals surface area contributed by atoms with Crippen LogP contribution >= 0.6 is 0 Å². The number of rotatable bonds is 5. The Hall–Kier alpha value is -2.78. The van der Waals surface area contributed by atoms with Gasteiger partial charge in [-0.1, -0.05) is 5.16 Å². The molecular formula is C24H32FN5O3. The Bertz CT molecular complexity index is 1170. The number of aromatic nitrogens is 3. The van der Waals surface area contributed by atoms with Crippen molar-refractivity contribution in [1.29, 1.82) is 0 Å². The molecule has 2 aliphatic heterocycles. The van der Waals surface area contributed by atoms with Crippen molar-refractivity contribution in [3.8, 4) is 17.2 Å². The number of fused-ring (bicyclic) bond motifs is 1. The number of pyridine rings is 1. The molecule has 9 heteroatoms. The van der Waals surface area contributed by atoms with Gasteiger partial charge in [-0.25, -0.2) is 9.37 Å². The number of benzene rings is 1. The summed E-state index contributed by atoms with van der Waals surface area (Å²) in [7, 11) is 1.53. The molecule has 0 bridgehead atoms. The van der Waals surface area contributed by atoms with E-state index in [2.05, 4.69) is 27.3 Å². The molecular weight excluding hydrogens is 425 g/mol. The normalized spacial score (nSPS) is 23.4. The first-order chi connectivity index (χ1) is 15.9. The predicted molar refractivity (Wildman–Crippen MR) is 125 cm³/mol. The molecule has 8 nitrogen and oxygen atoms in total. The van der Waals surface area contributed by atoms with Gasteiger partial charge >= 0.3 is 0 Å². The van der Waals surface area contributed by atoms with Gasteiger partial charge in [-0.15, -0.1) is 0 Å². The third-order valence-electron chi connectivity index (χ3n) is 6.78. The maximum Gasteiger partial charge on any atom is 0.261 e. The third kappa shape index (κ3) is 4.15. The van der Waals surface area contributed by atoms with Gasteiger partial charge in [0, 0.05) is 44.2 Å². The van der Waals surface area contributed by atoms with Gasteiger partial charge in [-0.05, 0) is 51.7 Å². The van der Waals surface area contributed by atoms with Crippen LogP contribution in [0.15, 0.2) is 16.7 Å². The van der Waals surface area contributed by atoms with Gasteiger partial charge in [0.25, 0.3) is 5.89 Å². The number of halogens is 1. The minimum absolute atomic E-state index is 0. The number of piperidine rings is 1. The second-order valence-corrected chi connectivity index (χ2v) is 9.08. The SMILES string of the molecule is COc1cc(F)c2nc(N3CC[C@H](N[C@H]4CCOC4)C[C@@H]3C)c(-c3nc(C)no3)c(C)c2c1.[HH]. The highest BCUT2D eigenvalue weighted by Gasteiger charge is 2.32. The van der Waals surface area contributed by atoms with Crippen LogP contribution in [0.1, 0.15) is 39.0 Å². The zero-order valence-corrected chi connectivity index (χ0v) is 19.5. The van der Waals surface area contributed by atoms with Gasteiger partial charge in [0.05, 0.1) is 19.3 Å². The topological polar surface area (TPSA) is 85.5 Å². The second kappa shape index (κ2) is 8.87. The number of methoxy groups -OCH3 is 1. The predicted octanol–water partition coefficient (Wildman–Crippen LogP) is 4.03. The van der Waals surface area contributed by atoms with Crippen molar-refractivity contribution >= 4 is 16.7 Å². The first kappa shape index (κ1) is 22.0. The summed E-state index contributed by atoms with van der Waals surface area (Å²) in [4.78, 5) is 11.6. The van der Waals surface area contributed by atoms with Crippen molar-refractivity contribution in [2.75, 3.05) is 31.8 Å². The number of aryl methyl sites for hydroxylation is 2. The quantitative estimate of drug-likeness (QED) is 0.615. The highest BCUT2D eigenvalue weighted by atomic mass is 19.1. The van der Waals surface area contributed by atoms with E-state index in [1.165, 1.54) is 13.2 Å². The fraction of sp³-hybridized carbons (Fsp3) is 0.542. The summed E-state index contributed by atoms with van der Waals surface area (Å²) in [5.41, 5.74) is 1.91. The Morgan fingerprint density at radius 3 is 2.73 bits per heavy atom. The van der Waals surface area contributed by atoms with Crippen molar-refractivity contribution < 1.29 is 19.8 Å². The van der Waals surface area contributed by atoms with E-state index in [-0.39, 0.29) is 7.47 Å². The third-order valence-corrected chi connectivity index (χ3v) is 6.78. The van der Waals surface area contributed by atoms with Crippen LogP contribution in [0.3, 0.4) is 0 Å². The maximum absolute atomic E-state index is 15.1. The Kier molecular flexibility index (Phi) is 5.92. The van der Waals surface area contributed by atoms with E-state index < -0.39 is 5.82 Å². The van der Waals surface area contributed by atoms with Crippen LogP contribution in [0.25, 0.3) is 22.4 Å². The maximum atomic E-state index is 15.1. The number of hydrogen-bond donors (Lipinski definition) is 1. The lowest BCUT2D eigenvalue weighted by Crippen LogP contribution is -2.50. The lowest BCUT2D eigenvalue weighted by molar-refractivity contribution is 0.185. The smallest absolute Gasteiger partial charge is 0.261 e. The van der Waals surface area contributed by atoms with E-state index >= 15 is 4.39 Å². The minimum Gasteiger partial charge on any atom is -0.497 e. The molecule has 0 radical (unpaired) electrons. The highest BCUT2D eigenvalue weighted by Crippen LogP contribution is 2.40. The van der Waals surface area contributed by atoms with Gasteiger partial charge in [0.2, 0.25) is 0 Å². The molecule has 4 heterocycles. The highest BCUT2D eigenvalue weighted by molar-refractivity contribution is 5.93. The van der Waals surface area contributed by atoms with Gasteiger partial charge in [-0.3, -0.25) is 0 Å². The van der Waals surface area contributed by atoms with Gasteiger partial charge in [0.1, 0.15) is 17.1 Å². The minimum atomic E-state index is -0.410. The fourth-order valence-corrected chi connectivity index (χ4v) is 5.06. The number of hydrogen-bond acceptors (Lipinski definition) is 8. The molecule has 0 unspecified atom stereocenters. The number of ether oxygens (including phenoxy) is 2. The van der Waals surface area contributed by atoms with Crippen molar-refractivity contribution in [2.24, 2.45) is 0 Å². The molecule has 0 saturated carbocycles. The molecule has 1 aromatic carbocycles. The molecule has 2 aromatic heterocycles. The Morgan fingerprint density at radius 2 is 2.06 bits per heavy atom. The lowest BCUT2D eigenvalue weighted by atomic mass is 9.95. The summed E-state index contributed by atoms with van der Waals surface area (Å²) in [5, 5.41) is 8.41. The zero-order valence-electron chi connectivity index (χ0n) is 19.5. The zero-order chi connectivity index (χ0) is 23.1. The summed E-state index contributed by atoms with van der Waals surface area (Å²) >= 11 is 0. The van der Waals surface area contributed by atoms with Gasteiger partial charge < -0.3 is 24.2 Å². The average Bonchev–Trinajstić information content (AvgIpc) is 3.46. The summed E-state index contributed by atoms with van der Waals surface area (Å²) in [6.07, 6.45) is 2.99. The lowest BCUT2D eigenvalue weighted by Gasteiger charge is -2.40. The van der Waals surface area contributed by atoms with Crippen LogP contribution in [0.4, 0.5) is 10.2 Å². The largest absolute Gasteiger partial charge is 0.497 e. The van der Waals surface area contributed by atoms with E-state index in [0.29, 0.717) is 46.3 Å². The first-order valence-electron chi connectivity index (χ1n) is 11.5. The molecule has 0 spiro atoms. The molecule has 2 fully saturated rings. The Morgan fingerprint density at radius 1 is 1.21 bits per heavy atom. The van der Waals surface area contributed by atoms with E-state index in [0.717, 1.165) is 50.1 Å². The molecule has 33 heavy (non-hydrogen) atoms.